The summed E-state index contributed by atoms with van der Waals surface area (Å²) in [4.78, 5) is 146. The van der Waals surface area contributed by atoms with Crippen LogP contribution in [0, 0.1) is 17.8 Å². The van der Waals surface area contributed by atoms with Crippen LogP contribution >= 0.6 is 0 Å². The van der Waals surface area contributed by atoms with Crippen molar-refractivity contribution in [3.8, 4) is 0 Å². The molecule has 0 aliphatic carbocycles. The first-order valence-electron chi connectivity index (χ1n) is 29.1. The first kappa shape index (κ1) is 65.0. The van der Waals surface area contributed by atoms with Gasteiger partial charge in [-0.2, -0.15) is 13.2 Å². The lowest BCUT2D eigenvalue weighted by Gasteiger charge is -2.27. The van der Waals surface area contributed by atoms with E-state index in [4.69, 9.17) is 5.73 Å². The molecule has 4 bridgehead atoms. The number of halogens is 3. The number of carbonyl (C=O) groups is 10. The molecule has 470 valence electrons. The zero-order chi connectivity index (χ0) is 64.1. The van der Waals surface area contributed by atoms with E-state index in [1.807, 2.05) is 18.2 Å². The molecule has 89 heavy (non-hydrogen) atoms. The van der Waals surface area contributed by atoms with Gasteiger partial charge in [0.05, 0.1) is 23.7 Å². The molecule has 8 atom stereocenters. The molecule has 1 saturated heterocycles. The third kappa shape index (κ3) is 17.4. The van der Waals surface area contributed by atoms with Gasteiger partial charge in [-0.1, -0.05) is 118 Å². The summed E-state index contributed by atoms with van der Waals surface area (Å²) in [6.45, 7) is 4.88. The Morgan fingerprint density at radius 1 is 0.652 bits per heavy atom. The summed E-state index contributed by atoms with van der Waals surface area (Å²) in [5.41, 5.74) is 7.06. The van der Waals surface area contributed by atoms with Gasteiger partial charge in [0.25, 0.3) is 5.91 Å². The van der Waals surface area contributed by atoms with Crippen LogP contribution in [0.3, 0.4) is 0 Å². The number of likely N-dealkylation sites (tertiary alicyclic amines) is 1. The molecule has 0 spiro atoms. The molecular weight excluding hydrogens is 1160 g/mol. The van der Waals surface area contributed by atoms with Crippen molar-refractivity contribution in [2.45, 2.75) is 115 Å². The number of alkyl halides is 3. The number of rotatable bonds is 10. The molecule has 11 N–H and O–H groups in total. The number of aromatic nitrogens is 4. The Kier molecular flexibility index (Phi) is 21.3. The molecule has 2 aliphatic heterocycles. The number of fused-ring (bicyclic) bond motifs is 5. The molecule has 4 aromatic carbocycles. The van der Waals surface area contributed by atoms with Crippen LogP contribution < -0.4 is 48.3 Å². The van der Waals surface area contributed by atoms with E-state index in [-0.39, 0.29) is 55.6 Å². The first-order valence-corrected chi connectivity index (χ1v) is 29.1. The van der Waals surface area contributed by atoms with E-state index in [0.717, 1.165) is 33.8 Å². The molecule has 6 aromatic rings. The Balaban J connectivity index is 1.12. The van der Waals surface area contributed by atoms with E-state index in [9.17, 15) is 61.1 Å². The average molecular weight is 1230 g/mol. The summed E-state index contributed by atoms with van der Waals surface area (Å²) in [5.74, 6) is -10.2. The predicted molar refractivity (Wildman–Crippen MR) is 317 cm³/mol. The van der Waals surface area contributed by atoms with Crippen molar-refractivity contribution in [3.63, 3.8) is 0 Å². The van der Waals surface area contributed by atoms with E-state index in [0.29, 0.717) is 11.1 Å². The van der Waals surface area contributed by atoms with Crippen molar-refractivity contribution in [2.75, 3.05) is 19.6 Å². The normalized spacial score (nSPS) is 22.7. The number of para-hydroxylation sites is 1. The Morgan fingerprint density at radius 3 is 1.98 bits per heavy atom. The number of H-pyrrole nitrogens is 1. The smallest absolute Gasteiger partial charge is 0.368 e. The molecule has 27 heteroatoms. The van der Waals surface area contributed by atoms with E-state index in [2.05, 4.69) is 57.8 Å². The fourth-order valence-electron chi connectivity index (χ4n) is 10.7. The van der Waals surface area contributed by atoms with Gasteiger partial charge in [-0.25, -0.2) is 4.68 Å². The van der Waals surface area contributed by atoms with Crippen LogP contribution in [-0.4, -0.2) is 146 Å². The maximum Gasteiger partial charge on any atom is 0.416 e. The standard InChI is InChI=1S/C62H71F3N14O10/c1-34(2)44-29-68-51(80)30-69-56(84)47(23-36-14-7-5-8-15-36)73-58(86)49(25-39-28-67-45-21-12-11-20-43(39)45)74-60(88)53(35(3)4)75-52(81)33-78-31-42(76-77-78)26-46(54(66)82)71-59(87)50-27-41(32-79(50)61(89)38-17-9-6-10-18-38)70-57(85)48(72-55(44)83)24-37-16-13-19-40(22-37)62(63,64)65/h5-22,28,31,34-35,41,44,46-50,53,67H,23-27,29-30,32-33H2,1-4H3,(H2,66,82)(H,68,80)(H,69,84)(H,70,85)(H,71,87)(H,72,83)(H,73,86)(H,74,88)(H,75,81)/t41-,44+,46-,47-,48-,49-,50-,53-/m0/s1. The van der Waals surface area contributed by atoms with Crippen molar-refractivity contribution in [2.24, 2.45) is 23.5 Å². The van der Waals surface area contributed by atoms with Crippen molar-refractivity contribution in [1.82, 2.24) is 67.4 Å². The zero-order valence-corrected chi connectivity index (χ0v) is 49.3. The Morgan fingerprint density at radius 2 is 1.28 bits per heavy atom. The lowest BCUT2D eigenvalue weighted by molar-refractivity contribution is -0.137. The molecule has 24 nitrogen and oxygen atoms in total. The van der Waals surface area contributed by atoms with Crippen LogP contribution in [0.25, 0.3) is 10.9 Å². The van der Waals surface area contributed by atoms with E-state index >= 15 is 0 Å². The van der Waals surface area contributed by atoms with Gasteiger partial charge in [0.2, 0.25) is 53.2 Å². The van der Waals surface area contributed by atoms with Crippen molar-refractivity contribution < 1.29 is 61.1 Å². The third-order valence-electron chi connectivity index (χ3n) is 15.5. The van der Waals surface area contributed by atoms with Gasteiger partial charge >= 0.3 is 6.18 Å². The molecule has 10 amide bonds. The minimum atomic E-state index is -4.77. The summed E-state index contributed by atoms with van der Waals surface area (Å²) in [6.07, 6.45) is -3.02. The van der Waals surface area contributed by atoms with Gasteiger partial charge in [0.1, 0.15) is 42.8 Å². The van der Waals surface area contributed by atoms with Crippen molar-refractivity contribution in [3.05, 3.63) is 155 Å². The van der Waals surface area contributed by atoms with Gasteiger partial charge in [-0.15, -0.1) is 5.10 Å². The Bertz CT molecular complexity index is 3560. The Hall–Kier alpha value is -9.95. The molecule has 0 unspecified atom stereocenters. The number of carbonyl (C=O) groups excluding carboxylic acids is 10. The number of nitrogens with one attached hydrogen (secondary N) is 9. The molecule has 1 fully saturated rings. The minimum absolute atomic E-state index is 0.00932. The van der Waals surface area contributed by atoms with E-state index in [1.165, 1.54) is 29.3 Å². The second kappa shape index (κ2) is 29.2. The molecule has 4 heterocycles. The second-order valence-corrected chi connectivity index (χ2v) is 22.9. The quantitative estimate of drug-likeness (QED) is 0.0934. The SMILES string of the molecule is CC(C)[C@@H]1NC(=O)Cn2cc(nn2)C[C@@H](C(N)=O)NC(=O)[C@@H]2C[C@@H](CN2C(=O)c2ccccc2)NC(=O)[C@H](Cc2cccc(C(F)(F)F)c2)NC(=O)[C@@H](C(C)C)CNC(=O)CNC(=O)[C@H](Cc2ccccc2)NC(=O)[C@H](Cc2c[nH]c3ccccc23)NC1=O. The fraction of sp³-hybridized carbons (Fsp3) is 0.387. The Labute approximate surface area is 509 Å². The van der Waals surface area contributed by atoms with Crippen LogP contribution in [0.15, 0.2) is 122 Å². The van der Waals surface area contributed by atoms with Crippen LogP contribution in [0.1, 0.15) is 72.4 Å². The first-order chi connectivity index (χ1) is 42.4. The molecule has 8 rings (SSSR count). The molecule has 0 radical (unpaired) electrons. The highest BCUT2D eigenvalue weighted by molar-refractivity contribution is 6.00. The van der Waals surface area contributed by atoms with Crippen LogP contribution in [0.5, 0.6) is 0 Å². The largest absolute Gasteiger partial charge is 0.416 e. The summed E-state index contributed by atoms with van der Waals surface area (Å²) >= 11 is 0. The third-order valence-corrected chi connectivity index (χ3v) is 15.5. The van der Waals surface area contributed by atoms with Crippen molar-refractivity contribution >= 4 is 70.0 Å². The average Bonchev–Trinajstić information content (AvgIpc) is 2.52. The zero-order valence-electron chi connectivity index (χ0n) is 49.3. The number of amides is 10. The number of benzene rings is 4. The topological polar surface area (TPSA) is 343 Å². The maximum atomic E-state index is 14.7. The molecular formula is C62H71F3N14O10. The monoisotopic (exact) mass is 1230 g/mol. The number of hydrogen-bond donors (Lipinski definition) is 10. The highest BCUT2D eigenvalue weighted by Crippen LogP contribution is 2.30. The number of primary amides is 1. The highest BCUT2D eigenvalue weighted by Gasteiger charge is 2.43. The van der Waals surface area contributed by atoms with E-state index < -0.39 is 150 Å². The summed E-state index contributed by atoms with van der Waals surface area (Å²) < 4.78 is 43.2. The fourth-order valence-corrected chi connectivity index (χ4v) is 10.7. The van der Waals surface area contributed by atoms with Crippen molar-refractivity contribution in [1.29, 1.82) is 0 Å². The van der Waals surface area contributed by atoms with Crippen LogP contribution in [0.2, 0.25) is 0 Å². The van der Waals surface area contributed by atoms with Crippen LogP contribution in [0.4, 0.5) is 13.2 Å². The number of nitrogens with two attached hydrogens (primary N) is 1. The number of aromatic amines is 1. The van der Waals surface area contributed by atoms with E-state index in [1.54, 1.807) is 88.5 Å². The summed E-state index contributed by atoms with van der Waals surface area (Å²) in [7, 11) is 0. The lowest BCUT2D eigenvalue weighted by Crippen LogP contribution is -2.59. The number of nitrogens with zero attached hydrogens (tertiary/aromatic N) is 4. The summed E-state index contributed by atoms with van der Waals surface area (Å²) in [6, 6.07) is 18.6. The predicted octanol–water partition coefficient (Wildman–Crippen LogP) is 1.53. The maximum absolute atomic E-state index is 14.7. The molecule has 2 aliphatic rings. The minimum Gasteiger partial charge on any atom is -0.368 e. The molecule has 2 aromatic heterocycles. The summed E-state index contributed by atoms with van der Waals surface area (Å²) in [5, 5.41) is 30.4. The van der Waals surface area contributed by atoms with Gasteiger partial charge in [-0.3, -0.25) is 47.9 Å². The van der Waals surface area contributed by atoms with Gasteiger partial charge in [0.15, 0.2) is 0 Å². The van der Waals surface area contributed by atoms with Gasteiger partial charge < -0.3 is 58.2 Å². The highest BCUT2D eigenvalue weighted by atomic mass is 19.4. The van der Waals surface area contributed by atoms with Crippen LogP contribution in [-0.2, 0) is 81.6 Å². The van der Waals surface area contributed by atoms with Gasteiger partial charge in [0, 0.05) is 73.7 Å². The molecule has 0 saturated carbocycles. The lowest BCUT2D eigenvalue weighted by atomic mass is 9.93. The number of hydrogen-bond acceptors (Lipinski definition) is 12. The van der Waals surface area contributed by atoms with Gasteiger partial charge in [-0.05, 0) is 59.2 Å². The second-order valence-electron chi connectivity index (χ2n) is 22.9.